The number of sulfonamides is 1. The van der Waals surface area contributed by atoms with Gasteiger partial charge in [-0.25, -0.2) is 8.42 Å². The minimum absolute atomic E-state index is 0.117. The predicted octanol–water partition coefficient (Wildman–Crippen LogP) is 4.81. The number of carbonyl (C=O) groups excluding carboxylic acids is 1. The van der Waals surface area contributed by atoms with E-state index in [1.807, 2.05) is 50.2 Å². The van der Waals surface area contributed by atoms with Crippen molar-refractivity contribution >= 4 is 15.9 Å². The molecular formula is C27H32N2O3S. The summed E-state index contributed by atoms with van der Waals surface area (Å²) in [5.41, 5.74) is 2.41. The topological polar surface area (TPSA) is 66.5 Å². The second kappa shape index (κ2) is 11.8. The average molecular weight is 465 g/mol. The van der Waals surface area contributed by atoms with Gasteiger partial charge >= 0.3 is 0 Å². The van der Waals surface area contributed by atoms with Crippen molar-refractivity contribution < 1.29 is 13.2 Å². The second-order valence-electron chi connectivity index (χ2n) is 8.29. The molecule has 0 radical (unpaired) electrons. The second-order valence-corrected chi connectivity index (χ2v) is 10.2. The normalized spacial score (nSPS) is 11.8. The number of hydrogen-bond acceptors (Lipinski definition) is 3. The van der Waals surface area contributed by atoms with Crippen LogP contribution in [0.1, 0.15) is 43.7 Å². The van der Waals surface area contributed by atoms with Gasteiger partial charge in [0.1, 0.15) is 0 Å². The summed E-state index contributed by atoms with van der Waals surface area (Å²) in [6.07, 6.45) is 0.877. The molecule has 3 aromatic carbocycles. The van der Waals surface area contributed by atoms with Gasteiger partial charge in [0.15, 0.2) is 0 Å². The Balaban J connectivity index is 1.58. The standard InChI is InChI=1S/C27H32N2O3S/c1-22(2)29(33(31,32)25-16-10-5-11-17-25)21-19-27(30)28-20-18-26(23-12-6-3-7-13-23)24-14-8-4-9-15-24/h3-17,22,26H,18-21H2,1-2H3,(H,28,30). The average Bonchev–Trinajstić information content (AvgIpc) is 2.83. The number of amides is 1. The molecule has 0 aliphatic heterocycles. The van der Waals surface area contributed by atoms with E-state index in [4.69, 9.17) is 0 Å². The summed E-state index contributed by atoms with van der Waals surface area (Å²) >= 11 is 0. The lowest BCUT2D eigenvalue weighted by atomic mass is 9.88. The summed E-state index contributed by atoms with van der Waals surface area (Å²) in [5, 5.41) is 2.98. The van der Waals surface area contributed by atoms with E-state index in [1.54, 1.807) is 30.3 Å². The van der Waals surface area contributed by atoms with Gasteiger partial charge in [-0.3, -0.25) is 4.79 Å². The number of benzene rings is 3. The molecule has 0 saturated carbocycles. The van der Waals surface area contributed by atoms with Crippen molar-refractivity contribution in [2.24, 2.45) is 0 Å². The van der Waals surface area contributed by atoms with Crippen LogP contribution in [-0.4, -0.2) is 37.8 Å². The van der Waals surface area contributed by atoms with Crippen molar-refractivity contribution in [2.45, 2.75) is 43.5 Å². The first-order valence-corrected chi connectivity index (χ1v) is 12.8. The van der Waals surface area contributed by atoms with Crippen LogP contribution < -0.4 is 5.32 Å². The van der Waals surface area contributed by atoms with Crippen molar-refractivity contribution in [2.75, 3.05) is 13.1 Å². The fraction of sp³-hybridized carbons (Fsp3) is 0.296. The van der Waals surface area contributed by atoms with E-state index < -0.39 is 10.0 Å². The van der Waals surface area contributed by atoms with E-state index in [-0.39, 0.29) is 35.7 Å². The Morgan fingerprint density at radius 2 is 1.30 bits per heavy atom. The molecule has 0 unspecified atom stereocenters. The molecule has 0 fully saturated rings. The number of rotatable bonds is 11. The number of nitrogens with zero attached hydrogens (tertiary/aromatic N) is 1. The molecule has 6 heteroatoms. The Labute approximate surface area is 197 Å². The fourth-order valence-corrected chi connectivity index (χ4v) is 5.59. The van der Waals surface area contributed by atoms with Gasteiger partial charge in [0.2, 0.25) is 15.9 Å². The molecule has 0 aromatic heterocycles. The predicted molar refractivity (Wildman–Crippen MR) is 132 cm³/mol. The van der Waals surface area contributed by atoms with E-state index in [9.17, 15) is 13.2 Å². The minimum atomic E-state index is -3.65. The van der Waals surface area contributed by atoms with Crippen LogP contribution in [0.2, 0.25) is 0 Å². The summed E-state index contributed by atoms with van der Waals surface area (Å²) in [6.45, 7) is 4.30. The first-order valence-electron chi connectivity index (χ1n) is 11.3. The van der Waals surface area contributed by atoms with Crippen LogP contribution in [0.15, 0.2) is 95.9 Å². The largest absolute Gasteiger partial charge is 0.356 e. The van der Waals surface area contributed by atoms with Crippen molar-refractivity contribution in [3.63, 3.8) is 0 Å². The third-order valence-electron chi connectivity index (χ3n) is 5.64. The first-order chi connectivity index (χ1) is 15.9. The maximum Gasteiger partial charge on any atom is 0.243 e. The zero-order valence-electron chi connectivity index (χ0n) is 19.2. The third-order valence-corrected chi connectivity index (χ3v) is 7.73. The van der Waals surface area contributed by atoms with Crippen molar-refractivity contribution in [1.82, 2.24) is 9.62 Å². The van der Waals surface area contributed by atoms with Crippen LogP contribution >= 0.6 is 0 Å². The highest BCUT2D eigenvalue weighted by atomic mass is 32.2. The van der Waals surface area contributed by atoms with Gasteiger partial charge in [0, 0.05) is 31.5 Å². The van der Waals surface area contributed by atoms with Crippen molar-refractivity contribution in [3.8, 4) is 0 Å². The molecule has 3 rings (SSSR count). The summed E-state index contributed by atoms with van der Waals surface area (Å²) in [5.74, 6) is 0.0297. The molecule has 1 N–H and O–H groups in total. The minimum Gasteiger partial charge on any atom is -0.356 e. The molecule has 0 spiro atoms. The summed E-state index contributed by atoms with van der Waals surface area (Å²) in [4.78, 5) is 12.8. The van der Waals surface area contributed by atoms with E-state index in [0.717, 1.165) is 6.42 Å². The molecule has 0 atom stereocenters. The van der Waals surface area contributed by atoms with E-state index in [1.165, 1.54) is 15.4 Å². The molecule has 1 amide bonds. The molecule has 3 aromatic rings. The van der Waals surface area contributed by atoms with Gasteiger partial charge in [-0.1, -0.05) is 78.9 Å². The van der Waals surface area contributed by atoms with Crippen molar-refractivity contribution in [3.05, 3.63) is 102 Å². The third kappa shape index (κ3) is 6.76. The molecule has 0 saturated heterocycles. The summed E-state index contributed by atoms with van der Waals surface area (Å²) < 4.78 is 27.4. The Hall–Kier alpha value is -2.96. The Morgan fingerprint density at radius 3 is 1.79 bits per heavy atom. The maximum atomic E-state index is 13.0. The first kappa shape index (κ1) is 24.7. The highest BCUT2D eigenvalue weighted by Crippen LogP contribution is 2.27. The van der Waals surface area contributed by atoms with Crippen molar-refractivity contribution in [1.29, 1.82) is 0 Å². The molecule has 0 heterocycles. The van der Waals surface area contributed by atoms with E-state index >= 15 is 0 Å². The monoisotopic (exact) mass is 464 g/mol. The Bertz CT molecular complexity index is 1060. The zero-order valence-corrected chi connectivity index (χ0v) is 20.0. The van der Waals surface area contributed by atoms with Crippen LogP contribution in [0.5, 0.6) is 0 Å². The summed E-state index contributed by atoms with van der Waals surface area (Å²) in [6, 6.07) is 28.6. The molecule has 33 heavy (non-hydrogen) atoms. The van der Waals surface area contributed by atoms with Gasteiger partial charge in [-0.2, -0.15) is 4.31 Å². The molecule has 0 bridgehead atoms. The van der Waals surface area contributed by atoms with Gasteiger partial charge in [0.05, 0.1) is 4.90 Å². The molecule has 174 valence electrons. The SMILES string of the molecule is CC(C)N(CCC(=O)NCCC(c1ccccc1)c1ccccc1)S(=O)(=O)c1ccccc1. The summed E-state index contributed by atoms with van der Waals surface area (Å²) in [7, 11) is -3.65. The Kier molecular flexibility index (Phi) is 8.80. The smallest absolute Gasteiger partial charge is 0.243 e. The van der Waals surface area contributed by atoms with Gasteiger partial charge in [-0.05, 0) is 43.5 Å². The van der Waals surface area contributed by atoms with Crippen LogP contribution in [0.25, 0.3) is 0 Å². The molecule has 0 aliphatic rings. The van der Waals surface area contributed by atoms with Crippen LogP contribution in [0.3, 0.4) is 0 Å². The van der Waals surface area contributed by atoms with Gasteiger partial charge in [0.25, 0.3) is 0 Å². The highest BCUT2D eigenvalue weighted by molar-refractivity contribution is 7.89. The Morgan fingerprint density at radius 1 is 0.818 bits per heavy atom. The maximum absolute atomic E-state index is 13.0. The lowest BCUT2D eigenvalue weighted by Gasteiger charge is -2.25. The number of hydrogen-bond donors (Lipinski definition) is 1. The molecule has 5 nitrogen and oxygen atoms in total. The zero-order chi connectivity index (χ0) is 23.7. The molecule has 0 aliphatic carbocycles. The van der Waals surface area contributed by atoms with Gasteiger partial charge < -0.3 is 5.32 Å². The highest BCUT2D eigenvalue weighted by Gasteiger charge is 2.27. The van der Waals surface area contributed by atoms with E-state index in [2.05, 4.69) is 29.6 Å². The quantitative estimate of drug-likeness (QED) is 0.443. The van der Waals surface area contributed by atoms with Crippen LogP contribution in [0, 0.1) is 0 Å². The number of carbonyl (C=O) groups is 1. The van der Waals surface area contributed by atoms with Crippen LogP contribution in [-0.2, 0) is 14.8 Å². The fourth-order valence-electron chi connectivity index (χ4n) is 3.94. The van der Waals surface area contributed by atoms with Crippen LogP contribution in [0.4, 0.5) is 0 Å². The lowest BCUT2D eigenvalue weighted by molar-refractivity contribution is -0.121. The van der Waals surface area contributed by atoms with E-state index in [0.29, 0.717) is 6.54 Å². The van der Waals surface area contributed by atoms with Gasteiger partial charge in [-0.15, -0.1) is 0 Å². The number of nitrogens with one attached hydrogen (secondary N) is 1. The lowest BCUT2D eigenvalue weighted by Crippen LogP contribution is -2.39. The molecular weight excluding hydrogens is 432 g/mol.